The molecule has 1 N–H and O–H groups in total. The third-order valence-electron chi connectivity index (χ3n) is 3.44. The van der Waals surface area contributed by atoms with E-state index in [1.807, 2.05) is 0 Å². The summed E-state index contributed by atoms with van der Waals surface area (Å²) in [5.74, 6) is -0.947. The van der Waals surface area contributed by atoms with Crippen LogP contribution in [0, 0.1) is 0 Å². The Labute approximate surface area is 157 Å². The van der Waals surface area contributed by atoms with Crippen LogP contribution in [0.25, 0.3) is 0 Å². The van der Waals surface area contributed by atoms with Crippen LogP contribution in [0.4, 0.5) is 5.69 Å². The van der Waals surface area contributed by atoms with Crippen LogP contribution in [0.2, 0.25) is 5.02 Å². The Hall–Kier alpha value is -2.38. The Bertz CT molecular complexity index is 909. The summed E-state index contributed by atoms with van der Waals surface area (Å²) in [5.41, 5.74) is 1.27. The van der Waals surface area contributed by atoms with Gasteiger partial charge >= 0.3 is 5.97 Å². The Morgan fingerprint density at radius 2 is 1.73 bits per heavy atom. The van der Waals surface area contributed by atoms with Gasteiger partial charge in [-0.1, -0.05) is 29.8 Å². The van der Waals surface area contributed by atoms with Crippen molar-refractivity contribution < 1.29 is 22.7 Å². The molecule has 0 heterocycles. The number of rotatable bonds is 7. The molecule has 2 aromatic carbocycles. The first-order valence-electron chi connectivity index (χ1n) is 7.70. The van der Waals surface area contributed by atoms with E-state index in [-0.39, 0.29) is 12.2 Å². The molecule has 0 aromatic heterocycles. The van der Waals surface area contributed by atoms with Gasteiger partial charge in [-0.05, 0) is 42.8 Å². The van der Waals surface area contributed by atoms with Gasteiger partial charge in [0.1, 0.15) is 0 Å². The predicted molar refractivity (Wildman–Crippen MR) is 99.9 cm³/mol. The second-order valence-corrected chi connectivity index (χ2v) is 7.87. The molecule has 0 amide bonds. The lowest BCUT2D eigenvalue weighted by molar-refractivity contribution is -0.145. The van der Waals surface area contributed by atoms with E-state index in [4.69, 9.17) is 16.3 Å². The van der Waals surface area contributed by atoms with Crippen LogP contribution in [-0.2, 0) is 26.0 Å². The van der Waals surface area contributed by atoms with Crippen molar-refractivity contribution in [3.8, 4) is 0 Å². The zero-order chi connectivity index (χ0) is 19.3. The number of sulfonamides is 1. The van der Waals surface area contributed by atoms with E-state index in [9.17, 15) is 18.0 Å². The van der Waals surface area contributed by atoms with Crippen molar-refractivity contribution in [3.63, 3.8) is 0 Å². The fourth-order valence-corrected chi connectivity index (χ4v) is 3.01. The van der Waals surface area contributed by atoms with Gasteiger partial charge < -0.3 is 4.74 Å². The number of carbonyl (C=O) groups is 2. The number of nitrogens with one attached hydrogen (secondary N) is 1. The van der Waals surface area contributed by atoms with E-state index in [0.717, 1.165) is 6.26 Å². The average Bonchev–Trinajstić information content (AvgIpc) is 2.55. The van der Waals surface area contributed by atoms with Gasteiger partial charge in [0, 0.05) is 16.3 Å². The molecule has 0 radical (unpaired) electrons. The molecule has 6 nitrogen and oxygen atoms in total. The molecule has 0 fully saturated rings. The van der Waals surface area contributed by atoms with Crippen LogP contribution in [-0.4, -0.2) is 32.5 Å². The molecule has 0 bridgehead atoms. The number of ketones is 1. The van der Waals surface area contributed by atoms with Crippen LogP contribution in [0.3, 0.4) is 0 Å². The molecule has 26 heavy (non-hydrogen) atoms. The maximum Gasteiger partial charge on any atom is 0.311 e. The van der Waals surface area contributed by atoms with E-state index < -0.39 is 22.1 Å². The molecule has 0 aliphatic carbocycles. The lowest BCUT2D eigenvalue weighted by atomic mass is 10.1. The van der Waals surface area contributed by atoms with Crippen molar-refractivity contribution in [1.29, 1.82) is 0 Å². The van der Waals surface area contributed by atoms with Crippen LogP contribution >= 0.6 is 11.6 Å². The number of Topliss-reactive ketones (excluding diaryl/α,β-unsaturated/α-hetero) is 1. The Morgan fingerprint density at radius 1 is 1.12 bits per heavy atom. The van der Waals surface area contributed by atoms with Gasteiger partial charge in [-0.25, -0.2) is 8.42 Å². The highest BCUT2D eigenvalue weighted by atomic mass is 35.5. The quantitative estimate of drug-likeness (QED) is 0.574. The van der Waals surface area contributed by atoms with E-state index >= 15 is 0 Å². The molecule has 0 aliphatic heterocycles. The summed E-state index contributed by atoms with van der Waals surface area (Å²) in [6.45, 7) is 1.48. The fourth-order valence-electron chi connectivity index (χ4n) is 2.24. The van der Waals surface area contributed by atoms with E-state index in [1.54, 1.807) is 24.3 Å². The first-order chi connectivity index (χ1) is 12.2. The van der Waals surface area contributed by atoms with Crippen molar-refractivity contribution in [1.82, 2.24) is 0 Å². The molecule has 0 spiro atoms. The molecular formula is C18H18ClNO5S. The predicted octanol–water partition coefficient (Wildman–Crippen LogP) is 3.07. The number of anilines is 1. The third kappa shape index (κ3) is 5.86. The minimum atomic E-state index is -3.39. The molecule has 8 heteroatoms. The monoisotopic (exact) mass is 395 g/mol. The largest absolute Gasteiger partial charge is 0.454 e. The number of ether oxygens (including phenoxy) is 1. The van der Waals surface area contributed by atoms with Gasteiger partial charge in [-0.3, -0.25) is 14.3 Å². The first-order valence-corrected chi connectivity index (χ1v) is 9.97. The van der Waals surface area contributed by atoms with Crippen molar-refractivity contribution in [2.24, 2.45) is 0 Å². The van der Waals surface area contributed by atoms with Gasteiger partial charge in [-0.2, -0.15) is 0 Å². The summed E-state index contributed by atoms with van der Waals surface area (Å²) in [6.07, 6.45) is 0.0277. The normalized spacial score (nSPS) is 12.3. The fraction of sp³-hybridized carbons (Fsp3) is 0.222. The van der Waals surface area contributed by atoms with Crippen LogP contribution < -0.4 is 4.72 Å². The van der Waals surface area contributed by atoms with Crippen LogP contribution in [0.5, 0.6) is 0 Å². The Kier molecular flexibility index (Phi) is 6.39. The Balaban J connectivity index is 1.98. The minimum Gasteiger partial charge on any atom is -0.454 e. The number of halogens is 1. The molecule has 2 aromatic rings. The van der Waals surface area contributed by atoms with Crippen molar-refractivity contribution in [3.05, 3.63) is 64.7 Å². The zero-order valence-electron chi connectivity index (χ0n) is 14.2. The maximum absolute atomic E-state index is 12.4. The number of benzene rings is 2. The highest BCUT2D eigenvalue weighted by Gasteiger charge is 2.20. The summed E-state index contributed by atoms with van der Waals surface area (Å²) >= 11 is 6.00. The zero-order valence-corrected chi connectivity index (χ0v) is 15.8. The molecule has 2 rings (SSSR count). The van der Waals surface area contributed by atoms with E-state index in [2.05, 4.69) is 4.72 Å². The maximum atomic E-state index is 12.4. The molecule has 0 unspecified atom stereocenters. The summed E-state index contributed by atoms with van der Waals surface area (Å²) in [4.78, 5) is 24.4. The van der Waals surface area contributed by atoms with Gasteiger partial charge in [-0.15, -0.1) is 0 Å². The number of carbonyl (C=O) groups excluding carboxylic acids is 2. The van der Waals surface area contributed by atoms with Gasteiger partial charge in [0.2, 0.25) is 15.8 Å². The van der Waals surface area contributed by atoms with Crippen molar-refractivity contribution >= 4 is 39.1 Å². The van der Waals surface area contributed by atoms with Crippen molar-refractivity contribution in [2.75, 3.05) is 11.0 Å². The molecule has 0 aliphatic rings. The van der Waals surface area contributed by atoms with Crippen LogP contribution in [0.15, 0.2) is 48.5 Å². The summed E-state index contributed by atoms with van der Waals surface area (Å²) in [5, 5.41) is 0.456. The molecule has 1 atom stereocenters. The van der Waals surface area contributed by atoms with E-state index in [1.165, 1.54) is 31.2 Å². The van der Waals surface area contributed by atoms with Gasteiger partial charge in [0.15, 0.2) is 6.10 Å². The molecule has 0 saturated carbocycles. The SMILES string of the molecule is C[C@@H](OC(=O)Cc1ccccc1Cl)C(=O)c1ccc(NS(C)(=O)=O)cc1. The molecular weight excluding hydrogens is 378 g/mol. The standard InChI is InChI=1S/C18H18ClNO5S/c1-12(25-17(21)11-14-5-3-4-6-16(14)19)18(22)13-7-9-15(10-8-13)20-26(2,23)24/h3-10,12,20H,11H2,1-2H3/t12-/m1/s1. The lowest BCUT2D eigenvalue weighted by Gasteiger charge is -2.13. The highest BCUT2D eigenvalue weighted by molar-refractivity contribution is 7.92. The lowest BCUT2D eigenvalue weighted by Crippen LogP contribution is -2.25. The minimum absolute atomic E-state index is 0.0332. The average molecular weight is 396 g/mol. The van der Waals surface area contributed by atoms with Gasteiger partial charge in [0.05, 0.1) is 12.7 Å². The van der Waals surface area contributed by atoms with Crippen molar-refractivity contribution in [2.45, 2.75) is 19.4 Å². The second-order valence-electron chi connectivity index (χ2n) is 5.72. The summed E-state index contributed by atoms with van der Waals surface area (Å²) in [6, 6.07) is 12.8. The molecule has 138 valence electrons. The topological polar surface area (TPSA) is 89.5 Å². The summed E-state index contributed by atoms with van der Waals surface area (Å²) in [7, 11) is -3.39. The second kappa shape index (κ2) is 8.33. The van der Waals surface area contributed by atoms with Gasteiger partial charge in [0.25, 0.3) is 0 Å². The first kappa shape index (κ1) is 19.9. The van der Waals surface area contributed by atoms with Crippen LogP contribution in [0.1, 0.15) is 22.8 Å². The molecule has 0 saturated heterocycles. The number of hydrogen-bond acceptors (Lipinski definition) is 5. The number of esters is 1. The van der Waals surface area contributed by atoms with E-state index in [0.29, 0.717) is 21.8 Å². The summed E-state index contributed by atoms with van der Waals surface area (Å²) < 4.78 is 29.8. The third-order valence-corrected chi connectivity index (χ3v) is 4.42. The number of hydrogen-bond donors (Lipinski definition) is 1. The Morgan fingerprint density at radius 3 is 2.31 bits per heavy atom. The highest BCUT2D eigenvalue weighted by Crippen LogP contribution is 2.17. The smallest absolute Gasteiger partial charge is 0.311 e.